The molecule has 0 bridgehead atoms. The fourth-order valence-corrected chi connectivity index (χ4v) is 0.722. The Hall–Kier alpha value is -0.720. The Bertz CT molecular complexity index is 166. The Labute approximate surface area is 70.0 Å². The summed E-state index contributed by atoms with van der Waals surface area (Å²) >= 11 is 0. The van der Waals surface area contributed by atoms with Crippen LogP contribution in [0, 0.1) is 5.92 Å². The zero-order valence-corrected chi connectivity index (χ0v) is 8.02. The minimum atomic E-state index is 0.588. The van der Waals surface area contributed by atoms with E-state index in [0.29, 0.717) is 5.92 Å². The first-order valence-electron chi connectivity index (χ1n) is 4.22. The summed E-state index contributed by atoms with van der Waals surface area (Å²) in [5.74, 6) is 0.588. The number of hydrogen-bond donors (Lipinski definition) is 1. The van der Waals surface area contributed by atoms with Crippen molar-refractivity contribution in [2.75, 3.05) is 0 Å². The van der Waals surface area contributed by atoms with Crippen LogP contribution >= 0.6 is 0 Å². The minimum absolute atomic E-state index is 0.588. The van der Waals surface area contributed by atoms with Crippen LogP contribution in [0.25, 0.3) is 0 Å². The third-order valence-corrected chi connectivity index (χ3v) is 2.00. The van der Waals surface area contributed by atoms with Gasteiger partial charge in [-0.15, -0.1) is 0 Å². The van der Waals surface area contributed by atoms with Gasteiger partial charge in [0.05, 0.1) is 0 Å². The van der Waals surface area contributed by atoms with Gasteiger partial charge in [0.15, 0.2) is 0 Å². The van der Waals surface area contributed by atoms with Crippen molar-refractivity contribution in [1.29, 1.82) is 0 Å². The van der Waals surface area contributed by atoms with Crippen molar-refractivity contribution in [1.82, 2.24) is 0 Å². The van der Waals surface area contributed by atoms with Gasteiger partial charge in [-0.2, -0.15) is 0 Å². The van der Waals surface area contributed by atoms with Crippen molar-refractivity contribution in [2.24, 2.45) is 11.7 Å². The Balaban J connectivity index is 4.21. The standard InChI is InChI=1S/C10H19N/c1-5-8(3)7-10(11)9(4)6-2/h6-8H,5,11H2,1-4H3/b9-6-,10-7+. The van der Waals surface area contributed by atoms with Crippen LogP contribution in [0.2, 0.25) is 0 Å². The van der Waals surface area contributed by atoms with E-state index in [9.17, 15) is 0 Å². The molecule has 0 spiro atoms. The van der Waals surface area contributed by atoms with Crippen LogP contribution in [0.4, 0.5) is 0 Å². The minimum Gasteiger partial charge on any atom is -0.399 e. The van der Waals surface area contributed by atoms with Crippen LogP contribution in [-0.4, -0.2) is 0 Å². The molecule has 0 rings (SSSR count). The van der Waals surface area contributed by atoms with E-state index in [2.05, 4.69) is 19.9 Å². The number of rotatable bonds is 3. The highest BCUT2D eigenvalue weighted by Gasteiger charge is 1.96. The molecule has 0 aliphatic carbocycles. The first-order valence-corrected chi connectivity index (χ1v) is 4.22. The van der Waals surface area contributed by atoms with Gasteiger partial charge in [-0.05, 0) is 25.3 Å². The average molecular weight is 153 g/mol. The zero-order chi connectivity index (χ0) is 8.85. The molecule has 1 nitrogen and oxygen atoms in total. The number of allylic oxidation sites excluding steroid dienone is 3. The summed E-state index contributed by atoms with van der Waals surface area (Å²) in [6.45, 7) is 8.39. The van der Waals surface area contributed by atoms with E-state index in [1.165, 1.54) is 5.57 Å². The molecule has 11 heavy (non-hydrogen) atoms. The lowest BCUT2D eigenvalue weighted by atomic mass is 10.1. The molecule has 0 heterocycles. The van der Waals surface area contributed by atoms with Crippen molar-refractivity contribution >= 4 is 0 Å². The van der Waals surface area contributed by atoms with E-state index in [-0.39, 0.29) is 0 Å². The quantitative estimate of drug-likeness (QED) is 0.620. The number of hydrogen-bond acceptors (Lipinski definition) is 1. The highest BCUT2D eigenvalue weighted by atomic mass is 14.6. The lowest BCUT2D eigenvalue weighted by Gasteiger charge is -2.05. The first-order chi connectivity index (χ1) is 5.11. The van der Waals surface area contributed by atoms with Crippen molar-refractivity contribution < 1.29 is 0 Å². The largest absolute Gasteiger partial charge is 0.399 e. The van der Waals surface area contributed by atoms with E-state index >= 15 is 0 Å². The molecule has 0 aliphatic rings. The second-order valence-corrected chi connectivity index (χ2v) is 2.98. The molecule has 0 saturated carbocycles. The van der Waals surface area contributed by atoms with Crippen LogP contribution in [0.3, 0.4) is 0 Å². The van der Waals surface area contributed by atoms with Gasteiger partial charge in [-0.25, -0.2) is 0 Å². The molecule has 0 aliphatic heterocycles. The summed E-state index contributed by atoms with van der Waals surface area (Å²) in [5, 5.41) is 0. The molecule has 64 valence electrons. The summed E-state index contributed by atoms with van der Waals surface area (Å²) in [7, 11) is 0. The molecule has 2 N–H and O–H groups in total. The molecule has 1 heteroatoms. The molecule has 1 unspecified atom stereocenters. The van der Waals surface area contributed by atoms with Gasteiger partial charge in [0.2, 0.25) is 0 Å². The highest BCUT2D eigenvalue weighted by Crippen LogP contribution is 2.09. The van der Waals surface area contributed by atoms with Gasteiger partial charge < -0.3 is 5.73 Å². The van der Waals surface area contributed by atoms with Crippen LogP contribution in [0.5, 0.6) is 0 Å². The molecule has 0 fully saturated rings. The molecule has 0 aromatic rings. The number of nitrogens with two attached hydrogens (primary N) is 1. The van der Waals surface area contributed by atoms with Gasteiger partial charge >= 0.3 is 0 Å². The van der Waals surface area contributed by atoms with Crippen molar-refractivity contribution in [3.63, 3.8) is 0 Å². The SMILES string of the molecule is C/C=C(C)\C(N)=C/C(C)CC. The van der Waals surface area contributed by atoms with Crippen molar-refractivity contribution in [2.45, 2.75) is 34.1 Å². The van der Waals surface area contributed by atoms with Crippen LogP contribution in [-0.2, 0) is 0 Å². The average Bonchev–Trinajstić information content (AvgIpc) is 2.02. The zero-order valence-electron chi connectivity index (χ0n) is 8.02. The summed E-state index contributed by atoms with van der Waals surface area (Å²) in [6.07, 6.45) is 5.31. The second-order valence-electron chi connectivity index (χ2n) is 2.98. The fourth-order valence-electron chi connectivity index (χ4n) is 0.722. The van der Waals surface area contributed by atoms with Gasteiger partial charge in [-0.1, -0.05) is 32.4 Å². The smallest absolute Gasteiger partial charge is 0.0302 e. The summed E-state index contributed by atoms with van der Waals surface area (Å²) in [4.78, 5) is 0. The molecule has 0 amide bonds. The van der Waals surface area contributed by atoms with Crippen LogP contribution < -0.4 is 5.73 Å². The van der Waals surface area contributed by atoms with Crippen LogP contribution in [0.15, 0.2) is 23.4 Å². The summed E-state index contributed by atoms with van der Waals surface area (Å²) < 4.78 is 0. The van der Waals surface area contributed by atoms with Gasteiger partial charge in [0.1, 0.15) is 0 Å². The predicted octanol–water partition coefficient (Wildman–Crippen LogP) is 2.84. The summed E-state index contributed by atoms with van der Waals surface area (Å²) in [6, 6.07) is 0. The fraction of sp³-hybridized carbons (Fsp3) is 0.600. The van der Waals surface area contributed by atoms with E-state index in [0.717, 1.165) is 12.1 Å². The van der Waals surface area contributed by atoms with E-state index in [1.807, 2.05) is 19.9 Å². The maximum atomic E-state index is 5.80. The Morgan fingerprint density at radius 2 is 2.09 bits per heavy atom. The molecule has 1 atom stereocenters. The molecular formula is C10H19N. The maximum absolute atomic E-state index is 5.80. The van der Waals surface area contributed by atoms with Gasteiger partial charge in [0, 0.05) is 5.70 Å². The van der Waals surface area contributed by atoms with Crippen molar-refractivity contribution in [3.05, 3.63) is 23.4 Å². The molecule has 0 saturated heterocycles. The second kappa shape index (κ2) is 5.00. The predicted molar refractivity (Wildman–Crippen MR) is 51.2 cm³/mol. The lowest BCUT2D eigenvalue weighted by Crippen LogP contribution is -2.01. The molecule has 0 aromatic heterocycles. The Morgan fingerprint density at radius 1 is 1.55 bits per heavy atom. The topological polar surface area (TPSA) is 26.0 Å². The van der Waals surface area contributed by atoms with E-state index < -0.39 is 0 Å². The first kappa shape index (κ1) is 10.3. The Morgan fingerprint density at radius 3 is 2.45 bits per heavy atom. The third kappa shape index (κ3) is 3.87. The van der Waals surface area contributed by atoms with E-state index in [1.54, 1.807) is 0 Å². The van der Waals surface area contributed by atoms with E-state index in [4.69, 9.17) is 5.73 Å². The normalized spacial score (nSPS) is 16.7. The Kier molecular flexibility index (Phi) is 4.67. The molecular weight excluding hydrogens is 134 g/mol. The summed E-state index contributed by atoms with van der Waals surface area (Å²) in [5.41, 5.74) is 7.89. The molecule has 0 radical (unpaired) electrons. The van der Waals surface area contributed by atoms with Crippen LogP contribution in [0.1, 0.15) is 34.1 Å². The monoisotopic (exact) mass is 153 g/mol. The lowest BCUT2D eigenvalue weighted by molar-refractivity contribution is 0.692. The van der Waals surface area contributed by atoms with Gasteiger partial charge in [-0.3, -0.25) is 0 Å². The van der Waals surface area contributed by atoms with Crippen molar-refractivity contribution in [3.8, 4) is 0 Å². The molecule has 0 aromatic carbocycles. The maximum Gasteiger partial charge on any atom is 0.0302 e. The van der Waals surface area contributed by atoms with Gasteiger partial charge in [0.25, 0.3) is 0 Å². The third-order valence-electron chi connectivity index (χ3n) is 2.00. The highest BCUT2D eigenvalue weighted by molar-refractivity contribution is 5.25.